The minimum atomic E-state index is -4.00. The highest BCUT2D eigenvalue weighted by molar-refractivity contribution is 7.92. The maximum absolute atomic E-state index is 13.0. The molecule has 0 N–H and O–H groups in total. The Balaban J connectivity index is 1.74. The Bertz CT molecular complexity index is 1080. The van der Waals surface area contributed by atoms with Gasteiger partial charge < -0.3 is 9.90 Å². The second-order valence-corrected chi connectivity index (χ2v) is 7.71. The number of benzene rings is 2. The van der Waals surface area contributed by atoms with E-state index in [2.05, 4.69) is 5.10 Å². The predicted molar refractivity (Wildman–Crippen MR) is 92.3 cm³/mol. The smallest absolute Gasteiger partial charge is 0.283 e. The van der Waals surface area contributed by atoms with Gasteiger partial charge in [-0.2, -0.15) is 13.5 Å². The van der Waals surface area contributed by atoms with Crippen LogP contribution in [0.5, 0.6) is 0 Å². The maximum atomic E-state index is 13.0. The minimum absolute atomic E-state index is 0.143. The first-order valence-electron chi connectivity index (χ1n) is 7.92. The van der Waals surface area contributed by atoms with Gasteiger partial charge in [-0.1, -0.05) is 36.4 Å². The van der Waals surface area contributed by atoms with E-state index in [9.17, 15) is 18.3 Å². The quantitative estimate of drug-likeness (QED) is 0.682. The van der Waals surface area contributed by atoms with Crippen molar-refractivity contribution in [2.45, 2.75) is 10.9 Å². The summed E-state index contributed by atoms with van der Waals surface area (Å²) >= 11 is 0. The van der Waals surface area contributed by atoms with Crippen molar-refractivity contribution in [3.8, 4) is 5.69 Å². The molecule has 0 radical (unpaired) electrons. The third kappa shape index (κ3) is 2.55. The second-order valence-electron chi connectivity index (χ2n) is 5.90. The van der Waals surface area contributed by atoms with Gasteiger partial charge in [0.15, 0.2) is 5.03 Å². The number of carboxylic acid groups (broad SMARTS) is 1. The average molecular weight is 368 g/mol. The third-order valence-electron chi connectivity index (χ3n) is 4.35. The van der Waals surface area contributed by atoms with E-state index < -0.39 is 21.9 Å². The summed E-state index contributed by atoms with van der Waals surface area (Å²) in [6.07, 6.45) is 1.56. The number of carbonyl (C=O) groups is 1. The van der Waals surface area contributed by atoms with E-state index >= 15 is 0 Å². The number of carboxylic acids is 1. The summed E-state index contributed by atoms with van der Waals surface area (Å²) in [6, 6.07) is 17.1. The number of fused-ring (bicyclic) bond motifs is 1. The van der Waals surface area contributed by atoms with Crippen LogP contribution < -0.4 is 9.41 Å². The molecule has 7 nitrogen and oxygen atoms in total. The molecule has 26 heavy (non-hydrogen) atoms. The Morgan fingerprint density at radius 1 is 1.04 bits per heavy atom. The molecule has 0 aliphatic carbocycles. The molecule has 0 amide bonds. The first kappa shape index (κ1) is 16.3. The van der Waals surface area contributed by atoms with Crippen LogP contribution in [0, 0.1) is 0 Å². The Morgan fingerprint density at radius 3 is 2.46 bits per heavy atom. The zero-order valence-electron chi connectivity index (χ0n) is 13.5. The molecule has 1 atom stereocenters. The molecule has 1 aliphatic rings. The molecule has 0 fully saturated rings. The number of hydrogen-bond acceptors (Lipinski definition) is 5. The van der Waals surface area contributed by atoms with Gasteiger partial charge in [-0.25, -0.2) is 4.68 Å². The number of carbonyl (C=O) groups excluding carboxylic acids is 1. The maximum Gasteiger partial charge on any atom is 0.283 e. The number of sulfonamides is 1. The van der Waals surface area contributed by atoms with Crippen molar-refractivity contribution in [3.63, 3.8) is 0 Å². The molecule has 2 aromatic carbocycles. The molecule has 1 aliphatic heterocycles. The molecule has 4 rings (SSSR count). The number of aromatic nitrogens is 2. The number of anilines is 1. The van der Waals surface area contributed by atoms with Gasteiger partial charge in [0.25, 0.3) is 10.0 Å². The molecule has 0 bridgehead atoms. The highest BCUT2D eigenvalue weighted by Crippen LogP contribution is 2.38. The first-order valence-corrected chi connectivity index (χ1v) is 9.36. The third-order valence-corrected chi connectivity index (χ3v) is 6.03. The molecule has 8 heteroatoms. The van der Waals surface area contributed by atoms with Crippen molar-refractivity contribution in [1.29, 1.82) is 0 Å². The summed E-state index contributed by atoms with van der Waals surface area (Å²) in [4.78, 5) is 11.4. The Kier molecular flexibility index (Phi) is 3.77. The van der Waals surface area contributed by atoms with Crippen LogP contribution in [0.1, 0.15) is 11.5 Å². The molecule has 0 unspecified atom stereocenters. The van der Waals surface area contributed by atoms with Crippen LogP contribution in [0.25, 0.3) is 5.69 Å². The van der Waals surface area contributed by atoms with Crippen molar-refractivity contribution >= 4 is 21.7 Å². The molecular formula is C18H14N3O4S-. The zero-order valence-corrected chi connectivity index (χ0v) is 14.3. The summed E-state index contributed by atoms with van der Waals surface area (Å²) in [5.74, 6) is -2.30. The van der Waals surface area contributed by atoms with Gasteiger partial charge in [-0.3, -0.25) is 4.31 Å². The van der Waals surface area contributed by atoms with Gasteiger partial charge in [0, 0.05) is 18.7 Å². The van der Waals surface area contributed by atoms with E-state index in [0.717, 1.165) is 9.99 Å². The summed E-state index contributed by atoms with van der Waals surface area (Å²) in [5.41, 5.74) is 1.50. The van der Waals surface area contributed by atoms with Crippen molar-refractivity contribution in [2.75, 3.05) is 10.8 Å². The lowest BCUT2D eigenvalue weighted by molar-refractivity contribution is -0.307. The average Bonchev–Trinajstić information content (AvgIpc) is 3.28. The number of rotatable bonds is 4. The summed E-state index contributed by atoms with van der Waals surface area (Å²) in [7, 11) is -4.00. The summed E-state index contributed by atoms with van der Waals surface area (Å²) in [5, 5.41) is 15.4. The fourth-order valence-electron chi connectivity index (χ4n) is 3.08. The van der Waals surface area contributed by atoms with Crippen LogP contribution in [0.2, 0.25) is 0 Å². The number of aliphatic carboxylic acids is 1. The highest BCUT2D eigenvalue weighted by Gasteiger charge is 2.38. The molecule has 0 spiro atoms. The largest absolute Gasteiger partial charge is 0.549 e. The zero-order chi connectivity index (χ0) is 18.3. The molecule has 3 aromatic rings. The van der Waals surface area contributed by atoms with E-state index in [1.54, 1.807) is 42.6 Å². The minimum Gasteiger partial charge on any atom is -0.549 e. The Morgan fingerprint density at radius 2 is 1.73 bits per heavy atom. The lowest BCUT2D eigenvalue weighted by Gasteiger charge is -2.18. The molecule has 2 heterocycles. The fourth-order valence-corrected chi connectivity index (χ4v) is 4.50. The number of para-hydroxylation sites is 2. The van der Waals surface area contributed by atoms with Crippen molar-refractivity contribution < 1.29 is 18.3 Å². The number of nitrogens with zero attached hydrogens (tertiary/aromatic N) is 3. The van der Waals surface area contributed by atoms with Gasteiger partial charge in [0.1, 0.15) is 0 Å². The summed E-state index contributed by atoms with van der Waals surface area (Å²) < 4.78 is 28.6. The van der Waals surface area contributed by atoms with Crippen LogP contribution in [0.4, 0.5) is 5.69 Å². The van der Waals surface area contributed by atoms with Crippen LogP contribution in [-0.4, -0.2) is 30.7 Å². The summed E-state index contributed by atoms with van der Waals surface area (Å²) in [6.45, 7) is -0.206. The molecule has 1 aromatic heterocycles. The van der Waals surface area contributed by atoms with Gasteiger partial charge in [0.2, 0.25) is 0 Å². The van der Waals surface area contributed by atoms with Crippen LogP contribution in [0.15, 0.2) is 71.9 Å². The number of hydrogen-bond donors (Lipinski definition) is 0. The Hall–Kier alpha value is -3.13. The van der Waals surface area contributed by atoms with E-state index in [1.165, 1.54) is 10.7 Å². The second kappa shape index (κ2) is 5.99. The van der Waals surface area contributed by atoms with Gasteiger partial charge in [-0.05, 0) is 29.8 Å². The van der Waals surface area contributed by atoms with Gasteiger partial charge in [0.05, 0.1) is 17.3 Å². The molecular weight excluding hydrogens is 354 g/mol. The van der Waals surface area contributed by atoms with Gasteiger partial charge >= 0.3 is 0 Å². The monoisotopic (exact) mass is 368 g/mol. The Labute approximate surface area is 150 Å². The van der Waals surface area contributed by atoms with Crippen LogP contribution in [0.3, 0.4) is 0 Å². The lowest BCUT2D eigenvalue weighted by atomic mass is 10.0. The predicted octanol–water partition coefficient (Wildman–Crippen LogP) is 0.915. The van der Waals surface area contributed by atoms with Crippen molar-refractivity contribution in [2.24, 2.45) is 0 Å². The fraction of sp³-hybridized carbons (Fsp3) is 0.111. The topological polar surface area (TPSA) is 95.3 Å². The molecule has 0 saturated carbocycles. The van der Waals surface area contributed by atoms with E-state index in [0.29, 0.717) is 11.3 Å². The molecule has 132 valence electrons. The van der Waals surface area contributed by atoms with E-state index in [1.807, 2.05) is 18.2 Å². The molecule has 0 saturated heterocycles. The van der Waals surface area contributed by atoms with Gasteiger partial charge in [-0.15, -0.1) is 0 Å². The normalized spacial score (nSPS) is 16.5. The SMILES string of the molecule is O=C([O-])[C@@H]1CN(S(=O)(=O)c2ccn(-c3ccccc3)n2)c2ccccc21. The van der Waals surface area contributed by atoms with E-state index in [4.69, 9.17) is 0 Å². The van der Waals surface area contributed by atoms with Crippen molar-refractivity contribution in [1.82, 2.24) is 9.78 Å². The van der Waals surface area contributed by atoms with Crippen molar-refractivity contribution in [3.05, 3.63) is 72.4 Å². The first-order chi connectivity index (χ1) is 12.5. The lowest BCUT2D eigenvalue weighted by Crippen LogP contribution is -2.36. The standard InChI is InChI=1S/C18H15N3O4S/c22-18(23)15-12-21(16-9-5-4-8-14(15)16)26(24,25)17-10-11-20(19-17)13-6-2-1-3-7-13/h1-11,15H,12H2,(H,22,23)/p-1/t15-/m1/s1. The van der Waals surface area contributed by atoms with E-state index in [-0.39, 0.29) is 11.6 Å². The van der Waals surface area contributed by atoms with Crippen LogP contribution in [-0.2, 0) is 14.8 Å². The highest BCUT2D eigenvalue weighted by atomic mass is 32.2. The van der Waals surface area contributed by atoms with Crippen LogP contribution >= 0.6 is 0 Å².